The predicted molar refractivity (Wildman–Crippen MR) is 152 cm³/mol. The molecule has 0 spiro atoms. The topological polar surface area (TPSA) is 103 Å². The molecule has 0 saturated heterocycles. The number of esters is 2. The highest BCUT2D eigenvalue weighted by molar-refractivity contribution is 6.32. The first-order chi connectivity index (χ1) is 19.3. The van der Waals surface area contributed by atoms with Gasteiger partial charge in [-0.3, -0.25) is 4.79 Å². The Bertz CT molecular complexity index is 1560. The maximum absolute atomic E-state index is 12.8. The first-order valence-corrected chi connectivity index (χ1v) is 12.7. The number of carbonyl (C=O) groups excluding carboxylic acids is 3. The summed E-state index contributed by atoms with van der Waals surface area (Å²) in [7, 11) is 0. The summed E-state index contributed by atoms with van der Waals surface area (Å²) in [5.74, 6) is -1.41. The third-order valence-corrected chi connectivity index (χ3v) is 5.96. The smallest absolute Gasteiger partial charge is 0.343 e. The maximum Gasteiger partial charge on any atom is 0.343 e. The van der Waals surface area contributed by atoms with Crippen LogP contribution in [0.3, 0.4) is 0 Å². The second-order valence-corrected chi connectivity index (χ2v) is 9.28. The van der Waals surface area contributed by atoms with Crippen LogP contribution in [0.2, 0.25) is 15.1 Å². The van der Waals surface area contributed by atoms with Crippen LogP contribution in [0.25, 0.3) is 0 Å². The van der Waals surface area contributed by atoms with E-state index in [9.17, 15) is 14.4 Å². The fraction of sp³-hybridized carbons (Fsp3) is 0.0345. The lowest BCUT2D eigenvalue weighted by Crippen LogP contribution is -2.24. The van der Waals surface area contributed by atoms with Gasteiger partial charge in [0, 0.05) is 21.7 Å². The van der Waals surface area contributed by atoms with Crippen molar-refractivity contribution < 1.29 is 28.6 Å². The highest BCUT2D eigenvalue weighted by Crippen LogP contribution is 2.26. The van der Waals surface area contributed by atoms with Crippen LogP contribution >= 0.6 is 34.8 Å². The second-order valence-electron chi connectivity index (χ2n) is 8.00. The number of amides is 1. The van der Waals surface area contributed by atoms with Crippen LogP contribution in [0.5, 0.6) is 17.2 Å². The number of halogens is 3. The number of nitrogens with zero attached hydrogens (tertiary/aromatic N) is 1. The van der Waals surface area contributed by atoms with Crippen molar-refractivity contribution in [3.63, 3.8) is 0 Å². The van der Waals surface area contributed by atoms with E-state index in [1.54, 1.807) is 48.5 Å². The molecular formula is C29H19Cl3N2O6. The van der Waals surface area contributed by atoms with E-state index in [1.165, 1.54) is 48.7 Å². The molecule has 0 radical (unpaired) electrons. The lowest BCUT2D eigenvalue weighted by Gasteiger charge is -2.11. The Balaban J connectivity index is 1.49. The molecular weight excluding hydrogens is 579 g/mol. The summed E-state index contributed by atoms with van der Waals surface area (Å²) in [5.41, 5.74) is 3.14. The Morgan fingerprint density at radius 3 is 1.95 bits per heavy atom. The number of nitrogens with one attached hydrogen (secondary N) is 1. The molecule has 0 heterocycles. The Labute approximate surface area is 244 Å². The van der Waals surface area contributed by atoms with Crippen LogP contribution in [0.15, 0.2) is 96.1 Å². The first-order valence-electron chi connectivity index (χ1n) is 11.6. The minimum Gasteiger partial charge on any atom is -0.482 e. The average molecular weight is 598 g/mol. The quantitative estimate of drug-likeness (QED) is 0.101. The van der Waals surface area contributed by atoms with Crippen molar-refractivity contribution in [1.29, 1.82) is 0 Å². The molecule has 0 aliphatic carbocycles. The summed E-state index contributed by atoms with van der Waals surface area (Å²) in [6, 6.07) is 23.3. The molecule has 0 aromatic heterocycles. The van der Waals surface area contributed by atoms with Crippen LogP contribution in [-0.2, 0) is 4.79 Å². The number of hydrogen-bond acceptors (Lipinski definition) is 7. The molecule has 0 aliphatic rings. The molecule has 4 aromatic rings. The first kappa shape index (κ1) is 28.6. The van der Waals surface area contributed by atoms with Crippen LogP contribution in [0, 0.1) is 0 Å². The predicted octanol–water partition coefficient (Wildman–Crippen LogP) is 6.61. The molecule has 0 bridgehead atoms. The number of hydrazone groups is 1. The van der Waals surface area contributed by atoms with Crippen molar-refractivity contribution >= 4 is 58.9 Å². The average Bonchev–Trinajstić information content (AvgIpc) is 2.94. The highest BCUT2D eigenvalue weighted by atomic mass is 35.5. The van der Waals surface area contributed by atoms with Crippen molar-refractivity contribution in [2.45, 2.75) is 0 Å². The van der Waals surface area contributed by atoms with Gasteiger partial charge in [-0.05, 0) is 72.8 Å². The summed E-state index contributed by atoms with van der Waals surface area (Å²) in [5, 5.41) is 5.20. The Hall–Kier alpha value is -4.37. The van der Waals surface area contributed by atoms with Gasteiger partial charge in [0.2, 0.25) is 0 Å². The molecule has 0 unspecified atom stereocenters. The van der Waals surface area contributed by atoms with E-state index < -0.39 is 17.8 Å². The van der Waals surface area contributed by atoms with Crippen molar-refractivity contribution in [2.24, 2.45) is 5.10 Å². The summed E-state index contributed by atoms with van der Waals surface area (Å²) >= 11 is 17.8. The van der Waals surface area contributed by atoms with E-state index >= 15 is 0 Å². The van der Waals surface area contributed by atoms with Crippen LogP contribution in [-0.4, -0.2) is 30.7 Å². The number of carbonyl (C=O) groups is 3. The number of benzene rings is 4. The van der Waals surface area contributed by atoms with Gasteiger partial charge in [0.25, 0.3) is 5.91 Å². The normalized spacial score (nSPS) is 10.7. The molecule has 11 heteroatoms. The molecule has 1 amide bonds. The Kier molecular flexibility index (Phi) is 9.75. The van der Waals surface area contributed by atoms with Gasteiger partial charge in [-0.2, -0.15) is 5.10 Å². The summed E-state index contributed by atoms with van der Waals surface area (Å²) in [6.45, 7) is -0.334. The standard InChI is InChI=1S/C29H19Cl3N2O6/c30-21-10-5-18(6-11-21)28(36)39-23-14-9-20(26(15-23)40-29(37)19-7-12-22(31)13-8-19)16-33-34-27(35)17-38-25-4-2-1-3-24(25)32/h1-16H,17H2,(H,34,35)/b33-16-. The minimum absolute atomic E-state index is 0.0201. The van der Waals surface area contributed by atoms with Crippen molar-refractivity contribution in [2.75, 3.05) is 6.61 Å². The van der Waals surface area contributed by atoms with E-state index in [1.807, 2.05) is 0 Å². The van der Waals surface area contributed by atoms with Crippen LogP contribution in [0.4, 0.5) is 0 Å². The summed E-state index contributed by atoms with van der Waals surface area (Å²) < 4.78 is 16.4. The van der Waals surface area contributed by atoms with E-state index in [-0.39, 0.29) is 29.2 Å². The summed E-state index contributed by atoms with van der Waals surface area (Å²) in [4.78, 5) is 37.5. The number of ether oxygens (including phenoxy) is 3. The Morgan fingerprint density at radius 1 is 0.725 bits per heavy atom. The maximum atomic E-state index is 12.8. The molecule has 0 fully saturated rings. The number of rotatable bonds is 9. The SMILES string of the molecule is O=C(COc1ccccc1Cl)N/N=C\c1ccc(OC(=O)c2ccc(Cl)cc2)cc1OC(=O)c1ccc(Cl)cc1. The van der Waals surface area contributed by atoms with Crippen molar-refractivity contribution in [3.8, 4) is 17.2 Å². The largest absolute Gasteiger partial charge is 0.482 e. The zero-order chi connectivity index (χ0) is 28.5. The molecule has 8 nitrogen and oxygen atoms in total. The van der Waals surface area contributed by atoms with Crippen LogP contribution < -0.4 is 19.6 Å². The molecule has 4 rings (SSSR count). The molecule has 0 atom stereocenters. The van der Waals surface area contributed by atoms with Crippen molar-refractivity contribution in [1.82, 2.24) is 5.43 Å². The number of hydrogen-bond donors (Lipinski definition) is 1. The molecule has 40 heavy (non-hydrogen) atoms. The van der Waals surface area contributed by atoms with Gasteiger partial charge in [0.15, 0.2) is 6.61 Å². The second kappa shape index (κ2) is 13.6. The zero-order valence-corrected chi connectivity index (χ0v) is 22.7. The molecule has 0 aliphatic heterocycles. The molecule has 202 valence electrons. The van der Waals surface area contributed by atoms with Gasteiger partial charge >= 0.3 is 11.9 Å². The van der Waals surface area contributed by atoms with E-state index in [2.05, 4.69) is 10.5 Å². The Morgan fingerprint density at radius 2 is 1.32 bits per heavy atom. The van der Waals surface area contributed by atoms with Gasteiger partial charge in [0.1, 0.15) is 17.2 Å². The van der Waals surface area contributed by atoms with Gasteiger partial charge in [-0.15, -0.1) is 0 Å². The number of para-hydroxylation sites is 1. The van der Waals surface area contributed by atoms with E-state index in [4.69, 9.17) is 49.0 Å². The summed E-state index contributed by atoms with van der Waals surface area (Å²) in [6.07, 6.45) is 1.27. The third kappa shape index (κ3) is 8.07. The van der Waals surface area contributed by atoms with Gasteiger partial charge < -0.3 is 14.2 Å². The molecule has 0 saturated carbocycles. The lowest BCUT2D eigenvalue weighted by molar-refractivity contribution is -0.123. The van der Waals surface area contributed by atoms with Crippen LogP contribution in [0.1, 0.15) is 26.3 Å². The van der Waals surface area contributed by atoms with E-state index in [0.29, 0.717) is 26.4 Å². The van der Waals surface area contributed by atoms with Gasteiger partial charge in [0.05, 0.1) is 22.4 Å². The fourth-order valence-electron chi connectivity index (χ4n) is 3.18. The highest BCUT2D eigenvalue weighted by Gasteiger charge is 2.15. The fourth-order valence-corrected chi connectivity index (χ4v) is 3.62. The third-order valence-electron chi connectivity index (χ3n) is 5.15. The monoisotopic (exact) mass is 596 g/mol. The van der Waals surface area contributed by atoms with Gasteiger partial charge in [-0.25, -0.2) is 15.0 Å². The zero-order valence-electron chi connectivity index (χ0n) is 20.5. The minimum atomic E-state index is -0.690. The van der Waals surface area contributed by atoms with Crippen molar-refractivity contribution in [3.05, 3.63) is 123 Å². The molecule has 1 N–H and O–H groups in total. The van der Waals surface area contributed by atoms with Gasteiger partial charge in [-0.1, -0.05) is 46.9 Å². The lowest BCUT2D eigenvalue weighted by atomic mass is 10.2. The van der Waals surface area contributed by atoms with E-state index in [0.717, 1.165) is 0 Å². The molecule has 4 aromatic carbocycles.